The van der Waals surface area contributed by atoms with E-state index < -0.39 is 5.97 Å². The van der Waals surface area contributed by atoms with Crippen LogP contribution in [0, 0.1) is 0 Å². The van der Waals surface area contributed by atoms with Gasteiger partial charge in [0.25, 0.3) is 0 Å². The van der Waals surface area contributed by atoms with Crippen LogP contribution in [0.2, 0.25) is 0 Å². The summed E-state index contributed by atoms with van der Waals surface area (Å²) in [6, 6.07) is 7.65. The fraction of sp³-hybridized carbons (Fsp3) is 0.0833. The number of rotatable bonds is 3. The second-order valence-electron chi connectivity index (χ2n) is 3.28. The number of hydrogen-bond acceptors (Lipinski definition) is 2. The Kier molecular flexibility index (Phi) is 2.64. The molecule has 82 valence electrons. The third-order valence-electron chi connectivity index (χ3n) is 2.31. The van der Waals surface area contributed by atoms with E-state index >= 15 is 0 Å². The zero-order valence-corrected chi connectivity index (χ0v) is 8.75. The van der Waals surface area contributed by atoms with Crippen LogP contribution < -0.4 is 4.84 Å². The number of hydrogen-bond donors (Lipinski definition) is 1. The van der Waals surface area contributed by atoms with Crippen molar-refractivity contribution in [2.24, 2.45) is 0 Å². The molecule has 0 aliphatic heterocycles. The van der Waals surface area contributed by atoms with Gasteiger partial charge >= 0.3 is 5.97 Å². The van der Waals surface area contributed by atoms with E-state index in [0.29, 0.717) is 0 Å². The minimum Gasteiger partial charge on any atom is -0.478 e. The van der Waals surface area contributed by atoms with Crippen molar-refractivity contribution >= 4 is 22.9 Å². The number of carboxylic acid groups (broad SMARTS) is 1. The third-order valence-corrected chi connectivity index (χ3v) is 2.31. The van der Waals surface area contributed by atoms with Gasteiger partial charge in [-0.25, -0.2) is 4.79 Å². The highest BCUT2D eigenvalue weighted by Gasteiger charge is 2.05. The molecule has 0 fully saturated rings. The Morgan fingerprint density at radius 1 is 1.44 bits per heavy atom. The van der Waals surface area contributed by atoms with Crippen molar-refractivity contribution in [3.63, 3.8) is 0 Å². The highest BCUT2D eigenvalue weighted by atomic mass is 16.6. The van der Waals surface area contributed by atoms with Gasteiger partial charge in [-0.3, -0.25) is 0 Å². The quantitative estimate of drug-likeness (QED) is 0.797. The van der Waals surface area contributed by atoms with Crippen LogP contribution in [0.15, 0.2) is 36.5 Å². The van der Waals surface area contributed by atoms with Crippen LogP contribution in [0.3, 0.4) is 0 Å². The molecule has 2 aromatic rings. The first-order chi connectivity index (χ1) is 7.72. The molecule has 0 unspecified atom stereocenters. The molecule has 1 N–H and O–H groups in total. The van der Waals surface area contributed by atoms with Crippen molar-refractivity contribution in [1.29, 1.82) is 0 Å². The van der Waals surface area contributed by atoms with Gasteiger partial charge in [-0.2, -0.15) is 4.73 Å². The number of carboxylic acids is 1. The molecule has 0 radical (unpaired) electrons. The zero-order valence-electron chi connectivity index (χ0n) is 8.75. The molecule has 0 bridgehead atoms. The van der Waals surface area contributed by atoms with Gasteiger partial charge in [-0.15, -0.1) is 0 Å². The molecule has 0 saturated carbocycles. The van der Waals surface area contributed by atoms with Crippen LogP contribution in [0.5, 0.6) is 0 Å². The molecule has 2 rings (SSSR count). The van der Waals surface area contributed by atoms with Crippen LogP contribution in [0.1, 0.15) is 5.56 Å². The molecular weight excluding hydrogens is 206 g/mol. The Labute approximate surface area is 92.3 Å². The highest BCUT2D eigenvalue weighted by molar-refractivity contribution is 5.93. The average molecular weight is 217 g/mol. The van der Waals surface area contributed by atoms with E-state index in [1.807, 2.05) is 24.3 Å². The molecule has 0 spiro atoms. The van der Waals surface area contributed by atoms with E-state index in [2.05, 4.69) is 0 Å². The lowest BCUT2D eigenvalue weighted by atomic mass is 10.1. The van der Waals surface area contributed by atoms with Crippen molar-refractivity contribution in [3.05, 3.63) is 42.1 Å². The number of aliphatic carboxylic acids is 1. The van der Waals surface area contributed by atoms with E-state index in [0.717, 1.165) is 22.5 Å². The van der Waals surface area contributed by atoms with Crippen LogP contribution in [-0.2, 0) is 4.79 Å². The molecular formula is C12H11NO3. The number of carbonyl (C=O) groups is 1. The van der Waals surface area contributed by atoms with Crippen LogP contribution >= 0.6 is 0 Å². The SMILES string of the molecule is COn1cc(/C=C/C(=O)O)c2ccccc21. The smallest absolute Gasteiger partial charge is 0.328 e. The second kappa shape index (κ2) is 4.10. The lowest BCUT2D eigenvalue weighted by Gasteiger charge is -1.99. The molecule has 0 amide bonds. The Balaban J connectivity index is 2.57. The second-order valence-corrected chi connectivity index (χ2v) is 3.28. The molecule has 4 heteroatoms. The largest absolute Gasteiger partial charge is 0.478 e. The van der Waals surface area contributed by atoms with Gasteiger partial charge in [0.05, 0.1) is 11.7 Å². The Morgan fingerprint density at radius 2 is 2.19 bits per heavy atom. The minimum absolute atomic E-state index is 0.819. The summed E-state index contributed by atoms with van der Waals surface area (Å²) in [6.07, 6.45) is 4.42. The number of aromatic nitrogens is 1. The van der Waals surface area contributed by atoms with E-state index in [4.69, 9.17) is 9.94 Å². The van der Waals surface area contributed by atoms with Crippen molar-refractivity contribution < 1.29 is 14.7 Å². The number of fused-ring (bicyclic) bond motifs is 1. The first-order valence-corrected chi connectivity index (χ1v) is 4.78. The maximum absolute atomic E-state index is 10.5. The molecule has 1 heterocycles. The minimum atomic E-state index is -0.964. The van der Waals surface area contributed by atoms with E-state index in [1.165, 1.54) is 0 Å². The molecule has 1 aromatic carbocycles. The predicted octanol–water partition coefficient (Wildman–Crippen LogP) is 1.80. The molecule has 0 aliphatic carbocycles. The summed E-state index contributed by atoms with van der Waals surface area (Å²) >= 11 is 0. The van der Waals surface area contributed by atoms with Gasteiger partial charge < -0.3 is 9.94 Å². The average Bonchev–Trinajstić information content (AvgIpc) is 2.65. The first kappa shape index (κ1) is 10.3. The number of nitrogens with zero attached hydrogens (tertiary/aromatic N) is 1. The summed E-state index contributed by atoms with van der Waals surface area (Å²) < 4.78 is 1.61. The molecule has 16 heavy (non-hydrogen) atoms. The van der Waals surface area contributed by atoms with Crippen molar-refractivity contribution in [2.45, 2.75) is 0 Å². The van der Waals surface area contributed by atoms with E-state index in [9.17, 15) is 4.79 Å². The highest BCUT2D eigenvalue weighted by Crippen LogP contribution is 2.21. The Morgan fingerprint density at radius 3 is 2.88 bits per heavy atom. The summed E-state index contributed by atoms with van der Waals surface area (Å²) in [7, 11) is 1.57. The van der Waals surface area contributed by atoms with Gasteiger partial charge in [0.1, 0.15) is 7.11 Å². The fourth-order valence-corrected chi connectivity index (χ4v) is 1.62. The topological polar surface area (TPSA) is 51.5 Å². The van der Waals surface area contributed by atoms with Gasteiger partial charge in [0.2, 0.25) is 0 Å². The molecule has 0 aliphatic rings. The van der Waals surface area contributed by atoms with E-state index in [1.54, 1.807) is 24.1 Å². The summed E-state index contributed by atoms with van der Waals surface area (Å²) in [5, 5.41) is 9.55. The Bertz CT molecular complexity index is 554. The third kappa shape index (κ3) is 1.77. The molecule has 4 nitrogen and oxygen atoms in total. The lowest BCUT2D eigenvalue weighted by Crippen LogP contribution is -2.02. The van der Waals surface area contributed by atoms with Crippen LogP contribution in [0.25, 0.3) is 17.0 Å². The van der Waals surface area contributed by atoms with Crippen molar-refractivity contribution in [3.8, 4) is 0 Å². The normalized spacial score (nSPS) is 11.1. The van der Waals surface area contributed by atoms with Crippen molar-refractivity contribution in [1.82, 2.24) is 4.73 Å². The standard InChI is InChI=1S/C12H11NO3/c1-16-13-8-9(6-7-12(14)15)10-4-2-3-5-11(10)13/h2-8H,1H3,(H,14,15)/b7-6+. The van der Waals surface area contributed by atoms with Crippen molar-refractivity contribution in [2.75, 3.05) is 7.11 Å². The van der Waals surface area contributed by atoms with Crippen LogP contribution in [-0.4, -0.2) is 22.9 Å². The molecule has 0 saturated heterocycles. The molecule has 0 atom stereocenters. The first-order valence-electron chi connectivity index (χ1n) is 4.78. The lowest BCUT2D eigenvalue weighted by molar-refractivity contribution is -0.131. The summed E-state index contributed by atoms with van der Waals surface area (Å²) in [5.74, 6) is -0.964. The monoisotopic (exact) mass is 217 g/mol. The zero-order chi connectivity index (χ0) is 11.5. The van der Waals surface area contributed by atoms with Gasteiger partial charge in [0.15, 0.2) is 0 Å². The van der Waals surface area contributed by atoms with Gasteiger partial charge in [0, 0.05) is 17.0 Å². The Hall–Kier alpha value is -2.23. The number of benzene rings is 1. The summed E-state index contributed by atoms with van der Waals surface area (Å²) in [6.45, 7) is 0. The maximum Gasteiger partial charge on any atom is 0.328 e. The molecule has 1 aromatic heterocycles. The fourth-order valence-electron chi connectivity index (χ4n) is 1.62. The van der Waals surface area contributed by atoms with Gasteiger partial charge in [-0.05, 0) is 12.1 Å². The summed E-state index contributed by atoms with van der Waals surface area (Å²) in [4.78, 5) is 15.6. The van der Waals surface area contributed by atoms with E-state index in [-0.39, 0.29) is 0 Å². The number of para-hydroxylation sites is 1. The van der Waals surface area contributed by atoms with Crippen LogP contribution in [0.4, 0.5) is 0 Å². The summed E-state index contributed by atoms with van der Waals surface area (Å²) in [5.41, 5.74) is 1.73. The predicted molar refractivity (Wildman–Crippen MR) is 61.1 cm³/mol. The maximum atomic E-state index is 10.5. The van der Waals surface area contributed by atoms with Gasteiger partial charge in [-0.1, -0.05) is 18.2 Å².